The number of aromatic nitrogens is 1. The standard InChI is InChI=1S/C18H14FNO2S/c1-11-3-5-13(6-4-11)17-20-15(16(23-17)18(21)22-2)12-7-9-14(19)10-8-12/h3-10H,1-2H3. The number of esters is 1. The lowest BCUT2D eigenvalue weighted by molar-refractivity contribution is 0.0607. The Hall–Kier alpha value is -2.53. The highest BCUT2D eigenvalue weighted by Crippen LogP contribution is 2.34. The molecule has 3 rings (SSSR count). The summed E-state index contributed by atoms with van der Waals surface area (Å²) in [6.07, 6.45) is 0. The zero-order chi connectivity index (χ0) is 16.4. The van der Waals surface area contributed by atoms with Crippen LogP contribution < -0.4 is 0 Å². The minimum atomic E-state index is -0.444. The van der Waals surface area contributed by atoms with Gasteiger partial charge in [-0.05, 0) is 31.2 Å². The molecule has 0 radical (unpaired) electrons. The smallest absolute Gasteiger partial charge is 0.350 e. The highest BCUT2D eigenvalue weighted by atomic mass is 32.1. The van der Waals surface area contributed by atoms with Gasteiger partial charge in [-0.2, -0.15) is 0 Å². The molecule has 0 fully saturated rings. The summed E-state index contributed by atoms with van der Waals surface area (Å²) >= 11 is 1.27. The number of nitrogens with zero attached hydrogens (tertiary/aromatic N) is 1. The van der Waals surface area contributed by atoms with Crippen LogP contribution in [0, 0.1) is 12.7 Å². The second kappa shape index (κ2) is 6.30. The van der Waals surface area contributed by atoms with Gasteiger partial charge in [0.2, 0.25) is 0 Å². The Morgan fingerprint density at radius 3 is 2.26 bits per heavy atom. The first-order chi connectivity index (χ1) is 11.1. The van der Waals surface area contributed by atoms with E-state index in [0.29, 0.717) is 16.1 Å². The highest BCUT2D eigenvalue weighted by molar-refractivity contribution is 7.17. The lowest BCUT2D eigenvalue weighted by Crippen LogP contribution is -2.00. The highest BCUT2D eigenvalue weighted by Gasteiger charge is 2.20. The monoisotopic (exact) mass is 327 g/mol. The van der Waals surface area contributed by atoms with E-state index in [-0.39, 0.29) is 5.82 Å². The number of hydrogen-bond acceptors (Lipinski definition) is 4. The first-order valence-electron chi connectivity index (χ1n) is 7.00. The topological polar surface area (TPSA) is 39.2 Å². The average molecular weight is 327 g/mol. The quantitative estimate of drug-likeness (QED) is 0.654. The normalized spacial score (nSPS) is 10.6. The predicted octanol–water partition coefficient (Wildman–Crippen LogP) is 4.71. The first kappa shape index (κ1) is 15.4. The second-order valence-corrected chi connectivity index (χ2v) is 6.06. The van der Waals surface area contributed by atoms with Gasteiger partial charge in [-0.25, -0.2) is 14.2 Å². The molecule has 3 aromatic rings. The van der Waals surface area contributed by atoms with Crippen LogP contribution in [0.5, 0.6) is 0 Å². The largest absolute Gasteiger partial charge is 0.465 e. The van der Waals surface area contributed by atoms with Crippen molar-refractivity contribution in [3.8, 4) is 21.8 Å². The van der Waals surface area contributed by atoms with Gasteiger partial charge >= 0.3 is 5.97 Å². The van der Waals surface area contributed by atoms with Crippen LogP contribution in [0.4, 0.5) is 4.39 Å². The maximum Gasteiger partial charge on any atom is 0.350 e. The Bertz CT molecular complexity index is 838. The average Bonchev–Trinajstić information content (AvgIpc) is 3.00. The lowest BCUT2D eigenvalue weighted by Gasteiger charge is -2.00. The van der Waals surface area contributed by atoms with Crippen LogP contribution in [-0.4, -0.2) is 18.1 Å². The molecule has 0 bridgehead atoms. The van der Waals surface area contributed by atoms with Crippen molar-refractivity contribution in [2.24, 2.45) is 0 Å². The number of rotatable bonds is 3. The molecule has 0 N–H and O–H groups in total. The maximum absolute atomic E-state index is 13.1. The number of benzene rings is 2. The number of hydrogen-bond donors (Lipinski definition) is 0. The van der Waals surface area contributed by atoms with Crippen LogP contribution in [0.15, 0.2) is 48.5 Å². The molecule has 0 aliphatic rings. The van der Waals surface area contributed by atoms with Crippen molar-refractivity contribution in [1.29, 1.82) is 0 Å². The summed E-state index contributed by atoms with van der Waals surface area (Å²) in [7, 11) is 1.34. The minimum Gasteiger partial charge on any atom is -0.465 e. The molecule has 0 aliphatic heterocycles. The molecule has 1 aromatic heterocycles. The van der Waals surface area contributed by atoms with Crippen molar-refractivity contribution >= 4 is 17.3 Å². The van der Waals surface area contributed by atoms with Crippen LogP contribution >= 0.6 is 11.3 Å². The molecule has 0 atom stereocenters. The van der Waals surface area contributed by atoms with E-state index in [2.05, 4.69) is 4.98 Å². The van der Waals surface area contributed by atoms with Crippen molar-refractivity contribution < 1.29 is 13.9 Å². The van der Waals surface area contributed by atoms with E-state index in [1.807, 2.05) is 31.2 Å². The molecular formula is C18H14FNO2S. The van der Waals surface area contributed by atoms with E-state index in [4.69, 9.17) is 4.74 Å². The first-order valence-corrected chi connectivity index (χ1v) is 7.82. The fraction of sp³-hybridized carbons (Fsp3) is 0.111. The van der Waals surface area contributed by atoms with Gasteiger partial charge in [0, 0.05) is 11.1 Å². The van der Waals surface area contributed by atoms with Gasteiger partial charge in [0.05, 0.1) is 12.8 Å². The summed E-state index contributed by atoms with van der Waals surface area (Å²) < 4.78 is 18.0. The van der Waals surface area contributed by atoms with Crippen LogP contribution in [0.2, 0.25) is 0 Å². The van der Waals surface area contributed by atoms with E-state index < -0.39 is 5.97 Å². The van der Waals surface area contributed by atoms with Gasteiger partial charge in [-0.3, -0.25) is 0 Å². The molecule has 0 saturated carbocycles. The molecular weight excluding hydrogens is 313 g/mol. The molecule has 0 unspecified atom stereocenters. The van der Waals surface area contributed by atoms with Crippen molar-refractivity contribution in [3.05, 3.63) is 64.8 Å². The zero-order valence-electron chi connectivity index (χ0n) is 12.7. The number of halogens is 1. The van der Waals surface area contributed by atoms with Gasteiger partial charge in [-0.15, -0.1) is 11.3 Å². The van der Waals surface area contributed by atoms with Crippen LogP contribution in [0.1, 0.15) is 15.2 Å². The molecule has 116 valence electrons. The Morgan fingerprint density at radius 1 is 1.04 bits per heavy atom. The van der Waals surface area contributed by atoms with Gasteiger partial charge < -0.3 is 4.74 Å². The van der Waals surface area contributed by atoms with Gasteiger partial charge in [0.1, 0.15) is 15.7 Å². The third-order valence-electron chi connectivity index (χ3n) is 3.41. The molecule has 0 spiro atoms. The SMILES string of the molecule is COC(=O)c1sc(-c2ccc(C)cc2)nc1-c1ccc(F)cc1. The number of carbonyl (C=O) groups is 1. The van der Waals surface area contributed by atoms with E-state index >= 15 is 0 Å². The Kier molecular flexibility index (Phi) is 4.21. The molecule has 2 aromatic carbocycles. The van der Waals surface area contributed by atoms with Crippen molar-refractivity contribution in [1.82, 2.24) is 4.98 Å². The molecule has 23 heavy (non-hydrogen) atoms. The number of carbonyl (C=O) groups excluding carboxylic acids is 1. The minimum absolute atomic E-state index is 0.331. The fourth-order valence-corrected chi connectivity index (χ4v) is 3.19. The number of thiazole rings is 1. The summed E-state index contributed by atoms with van der Waals surface area (Å²) in [5.41, 5.74) is 3.27. The maximum atomic E-state index is 13.1. The summed E-state index contributed by atoms with van der Waals surface area (Å²) in [5, 5.41) is 0.727. The van der Waals surface area contributed by atoms with Gasteiger partial charge in [-0.1, -0.05) is 29.8 Å². The van der Waals surface area contributed by atoms with E-state index in [0.717, 1.165) is 16.1 Å². The van der Waals surface area contributed by atoms with Gasteiger partial charge in [0.25, 0.3) is 0 Å². The van der Waals surface area contributed by atoms with E-state index in [9.17, 15) is 9.18 Å². The summed E-state index contributed by atoms with van der Waals surface area (Å²) in [6.45, 7) is 2.01. The molecule has 1 heterocycles. The summed E-state index contributed by atoms with van der Waals surface area (Å²) in [5.74, 6) is -0.775. The predicted molar refractivity (Wildman–Crippen MR) is 89.0 cm³/mol. The third-order valence-corrected chi connectivity index (χ3v) is 4.50. The fourth-order valence-electron chi connectivity index (χ4n) is 2.17. The van der Waals surface area contributed by atoms with Crippen LogP contribution in [0.25, 0.3) is 21.8 Å². The Labute approximate surface area is 137 Å². The Balaban J connectivity index is 2.12. The Morgan fingerprint density at radius 2 is 1.65 bits per heavy atom. The molecule has 0 amide bonds. The van der Waals surface area contributed by atoms with Crippen LogP contribution in [-0.2, 0) is 4.74 Å². The lowest BCUT2D eigenvalue weighted by atomic mass is 10.1. The van der Waals surface area contributed by atoms with Crippen LogP contribution in [0.3, 0.4) is 0 Å². The van der Waals surface area contributed by atoms with Crippen molar-refractivity contribution in [2.75, 3.05) is 7.11 Å². The second-order valence-electron chi connectivity index (χ2n) is 5.06. The summed E-state index contributed by atoms with van der Waals surface area (Å²) in [4.78, 5) is 17.0. The van der Waals surface area contributed by atoms with Crippen molar-refractivity contribution in [2.45, 2.75) is 6.92 Å². The van der Waals surface area contributed by atoms with E-state index in [1.165, 1.54) is 30.6 Å². The molecule has 0 aliphatic carbocycles. The molecule has 0 saturated heterocycles. The number of ether oxygens (including phenoxy) is 1. The molecule has 5 heteroatoms. The van der Waals surface area contributed by atoms with Crippen molar-refractivity contribution in [3.63, 3.8) is 0 Å². The number of methoxy groups -OCH3 is 1. The number of aryl methyl sites for hydroxylation is 1. The van der Waals surface area contributed by atoms with Gasteiger partial charge in [0.15, 0.2) is 0 Å². The molecule has 3 nitrogen and oxygen atoms in total. The summed E-state index contributed by atoms with van der Waals surface area (Å²) in [6, 6.07) is 13.8. The third kappa shape index (κ3) is 3.14. The zero-order valence-corrected chi connectivity index (χ0v) is 13.5. The van der Waals surface area contributed by atoms with E-state index in [1.54, 1.807) is 12.1 Å².